The summed E-state index contributed by atoms with van der Waals surface area (Å²) in [5.41, 5.74) is 3.51. The molecule has 10 heteroatoms. The fourth-order valence-corrected chi connectivity index (χ4v) is 5.82. The third-order valence-corrected chi connectivity index (χ3v) is 8.28. The minimum Gasteiger partial charge on any atom is -0.477 e. The van der Waals surface area contributed by atoms with Crippen molar-refractivity contribution in [1.82, 2.24) is 29.4 Å². The molecule has 0 spiro atoms. The van der Waals surface area contributed by atoms with Crippen LogP contribution in [-0.4, -0.2) is 66.3 Å². The average Bonchev–Trinajstić information content (AvgIpc) is 3.34. The van der Waals surface area contributed by atoms with E-state index in [1.807, 2.05) is 29.0 Å². The number of carboxylic acids is 1. The molecular weight excluding hydrogens is 532 g/mol. The molecule has 0 radical (unpaired) electrons. The van der Waals surface area contributed by atoms with Crippen LogP contribution in [0.4, 0.5) is 0 Å². The number of hydrogen-bond donors (Lipinski definition) is 1. The van der Waals surface area contributed by atoms with E-state index in [0.29, 0.717) is 42.7 Å². The molecule has 1 N–H and O–H groups in total. The maximum absolute atomic E-state index is 11.5. The van der Waals surface area contributed by atoms with Crippen LogP contribution in [-0.2, 0) is 24.4 Å². The zero-order valence-electron chi connectivity index (χ0n) is 23.2. The van der Waals surface area contributed by atoms with Gasteiger partial charge in [-0.15, -0.1) is 0 Å². The summed E-state index contributed by atoms with van der Waals surface area (Å²) < 4.78 is 13.8. The van der Waals surface area contributed by atoms with Crippen molar-refractivity contribution in [2.45, 2.75) is 51.0 Å². The number of carboxylic acid groups (broad SMARTS) is 1. The van der Waals surface area contributed by atoms with Gasteiger partial charge in [0.15, 0.2) is 11.3 Å². The summed E-state index contributed by atoms with van der Waals surface area (Å²) >= 11 is 0. The maximum atomic E-state index is 11.5. The van der Waals surface area contributed by atoms with Crippen LogP contribution in [0.1, 0.15) is 52.8 Å². The monoisotopic (exact) mass is 564 g/mol. The second kappa shape index (κ2) is 11.5. The Kier molecular flexibility index (Phi) is 7.23. The van der Waals surface area contributed by atoms with Gasteiger partial charge in [0.2, 0.25) is 5.88 Å². The van der Waals surface area contributed by atoms with Crippen LogP contribution in [0.15, 0.2) is 67.0 Å². The van der Waals surface area contributed by atoms with Crippen molar-refractivity contribution in [3.8, 4) is 5.88 Å². The number of piperidine rings is 1. The smallest absolute Gasteiger partial charge is 0.354 e. The van der Waals surface area contributed by atoms with Gasteiger partial charge in [0, 0.05) is 42.1 Å². The van der Waals surface area contributed by atoms with E-state index >= 15 is 0 Å². The van der Waals surface area contributed by atoms with Crippen molar-refractivity contribution in [3.63, 3.8) is 0 Å². The zero-order valence-corrected chi connectivity index (χ0v) is 23.2. The molecule has 6 heterocycles. The van der Waals surface area contributed by atoms with E-state index < -0.39 is 5.97 Å². The highest BCUT2D eigenvalue weighted by molar-refractivity contribution is 5.88. The summed E-state index contributed by atoms with van der Waals surface area (Å²) in [5, 5.41) is 11.7. The van der Waals surface area contributed by atoms with E-state index in [0.717, 1.165) is 66.8 Å². The molecule has 5 aromatic rings. The standard InChI is InChI=1S/C32H32N6O4/c39-32(40)28-7-6-27-31(36-28)38(18-25-11-15-41-25)29(34-27)19-37-13-9-22(10-14-37)26-2-1-3-30(35-26)42-20-21-4-5-24-17-33-12-8-23(24)16-21/h1-8,12,16-17,22,25H,9-11,13-15,18-20H2,(H,39,40)/t25-/m0/s1. The average molecular weight is 565 g/mol. The van der Waals surface area contributed by atoms with Crippen LogP contribution in [0, 0.1) is 0 Å². The Hall–Kier alpha value is -4.41. The normalized spacial score (nSPS) is 17.9. The molecule has 0 unspecified atom stereocenters. The first-order chi connectivity index (χ1) is 20.6. The molecule has 10 nitrogen and oxygen atoms in total. The van der Waals surface area contributed by atoms with E-state index in [2.05, 4.69) is 39.1 Å². The number of benzene rings is 1. The molecule has 0 aliphatic carbocycles. The first kappa shape index (κ1) is 26.5. The second-order valence-corrected chi connectivity index (χ2v) is 11.1. The van der Waals surface area contributed by atoms with Gasteiger partial charge >= 0.3 is 5.97 Å². The van der Waals surface area contributed by atoms with Crippen LogP contribution < -0.4 is 4.74 Å². The molecule has 42 heavy (non-hydrogen) atoms. The predicted octanol–water partition coefficient (Wildman–Crippen LogP) is 4.82. The lowest BCUT2D eigenvalue weighted by atomic mass is 9.93. The first-order valence-electron chi connectivity index (χ1n) is 14.4. The van der Waals surface area contributed by atoms with Gasteiger partial charge in [0.25, 0.3) is 0 Å². The summed E-state index contributed by atoms with van der Waals surface area (Å²) in [4.78, 5) is 32.2. The Balaban J connectivity index is 1.000. The number of hydrogen-bond acceptors (Lipinski definition) is 8. The predicted molar refractivity (Wildman–Crippen MR) is 156 cm³/mol. The Morgan fingerprint density at radius 2 is 1.88 bits per heavy atom. The molecule has 0 amide bonds. The number of aromatic nitrogens is 5. The van der Waals surface area contributed by atoms with Crippen molar-refractivity contribution in [1.29, 1.82) is 0 Å². The Morgan fingerprint density at radius 3 is 2.69 bits per heavy atom. The molecule has 1 aromatic carbocycles. The van der Waals surface area contributed by atoms with Crippen LogP contribution in [0.3, 0.4) is 0 Å². The SMILES string of the molecule is O=C(O)c1ccc2nc(CN3CCC(c4cccc(OCc5ccc6cnccc6c5)n4)CC3)n(C[C@@H]3CCO3)c2n1. The number of ether oxygens (including phenoxy) is 2. The molecule has 2 fully saturated rings. The van der Waals surface area contributed by atoms with Gasteiger partial charge < -0.3 is 19.1 Å². The molecule has 0 saturated carbocycles. The summed E-state index contributed by atoms with van der Waals surface area (Å²) in [7, 11) is 0. The molecule has 7 rings (SSSR count). The Bertz CT molecular complexity index is 1740. The van der Waals surface area contributed by atoms with E-state index in [4.69, 9.17) is 19.4 Å². The van der Waals surface area contributed by atoms with E-state index in [-0.39, 0.29) is 11.8 Å². The third-order valence-electron chi connectivity index (χ3n) is 8.28. The molecule has 4 aromatic heterocycles. The molecule has 2 aliphatic heterocycles. The van der Waals surface area contributed by atoms with Crippen molar-refractivity contribution in [3.05, 3.63) is 89.8 Å². The second-order valence-electron chi connectivity index (χ2n) is 11.1. The van der Waals surface area contributed by atoms with Crippen molar-refractivity contribution >= 4 is 27.9 Å². The lowest BCUT2D eigenvalue weighted by Crippen LogP contribution is -2.35. The number of likely N-dealkylation sites (tertiary alicyclic amines) is 1. The highest BCUT2D eigenvalue weighted by Crippen LogP contribution is 2.29. The summed E-state index contributed by atoms with van der Waals surface area (Å²) in [6.45, 7) is 4.36. The Labute approximate surface area is 243 Å². The fourth-order valence-electron chi connectivity index (χ4n) is 5.82. The molecule has 214 valence electrons. The third kappa shape index (κ3) is 5.55. The lowest BCUT2D eigenvalue weighted by molar-refractivity contribution is -0.0593. The van der Waals surface area contributed by atoms with Gasteiger partial charge in [0.05, 0.1) is 19.2 Å². The van der Waals surface area contributed by atoms with Crippen LogP contribution in [0.25, 0.3) is 21.9 Å². The number of pyridine rings is 3. The van der Waals surface area contributed by atoms with E-state index in [1.165, 1.54) is 6.07 Å². The lowest BCUT2D eigenvalue weighted by Gasteiger charge is -2.32. The minimum atomic E-state index is -1.04. The number of fused-ring (bicyclic) bond motifs is 2. The Morgan fingerprint density at radius 1 is 1.00 bits per heavy atom. The fraction of sp³-hybridized carbons (Fsp3) is 0.344. The number of carbonyl (C=O) groups is 1. The summed E-state index contributed by atoms with van der Waals surface area (Å²) in [6, 6.07) is 17.6. The van der Waals surface area contributed by atoms with Gasteiger partial charge in [-0.25, -0.2) is 19.7 Å². The highest BCUT2D eigenvalue weighted by Gasteiger charge is 2.26. The van der Waals surface area contributed by atoms with Crippen LogP contribution in [0.2, 0.25) is 0 Å². The topological polar surface area (TPSA) is 115 Å². The molecule has 2 saturated heterocycles. The molecule has 1 atom stereocenters. The number of aromatic carboxylic acids is 1. The van der Waals surface area contributed by atoms with Crippen LogP contribution in [0.5, 0.6) is 5.88 Å². The first-order valence-corrected chi connectivity index (χ1v) is 14.4. The molecule has 0 bridgehead atoms. The van der Waals surface area contributed by atoms with Gasteiger partial charge in [0.1, 0.15) is 17.9 Å². The summed E-state index contributed by atoms with van der Waals surface area (Å²) in [5.74, 6) is 0.861. The van der Waals surface area contributed by atoms with Crippen molar-refractivity contribution < 1.29 is 19.4 Å². The van der Waals surface area contributed by atoms with E-state index in [1.54, 1.807) is 12.3 Å². The largest absolute Gasteiger partial charge is 0.477 e. The maximum Gasteiger partial charge on any atom is 0.354 e. The molecule has 2 aliphatic rings. The number of nitrogens with zero attached hydrogens (tertiary/aromatic N) is 6. The van der Waals surface area contributed by atoms with Crippen LogP contribution >= 0.6 is 0 Å². The summed E-state index contributed by atoms with van der Waals surface area (Å²) in [6.07, 6.45) is 6.74. The zero-order chi connectivity index (χ0) is 28.5. The number of rotatable bonds is 9. The molecular formula is C32H32N6O4. The quantitative estimate of drug-likeness (QED) is 0.269. The number of imidazole rings is 1. The minimum absolute atomic E-state index is 0.0269. The van der Waals surface area contributed by atoms with Gasteiger partial charge in [-0.05, 0) is 73.6 Å². The van der Waals surface area contributed by atoms with E-state index in [9.17, 15) is 9.90 Å². The van der Waals surface area contributed by atoms with Gasteiger partial charge in [-0.1, -0.05) is 18.2 Å². The highest BCUT2D eigenvalue weighted by atomic mass is 16.5. The van der Waals surface area contributed by atoms with Gasteiger partial charge in [-0.2, -0.15) is 0 Å². The van der Waals surface area contributed by atoms with Crippen molar-refractivity contribution in [2.75, 3.05) is 19.7 Å². The van der Waals surface area contributed by atoms with Crippen molar-refractivity contribution in [2.24, 2.45) is 0 Å². The van der Waals surface area contributed by atoms with Gasteiger partial charge in [-0.3, -0.25) is 9.88 Å².